The Labute approximate surface area is 128 Å². The van der Waals surface area contributed by atoms with Crippen LogP contribution in [0.25, 0.3) is 0 Å². The summed E-state index contributed by atoms with van der Waals surface area (Å²) in [6.07, 6.45) is 0.275. The van der Waals surface area contributed by atoms with E-state index in [2.05, 4.69) is 5.16 Å². The van der Waals surface area contributed by atoms with Gasteiger partial charge in [-0.2, -0.15) is 0 Å². The summed E-state index contributed by atoms with van der Waals surface area (Å²) in [5.41, 5.74) is 1.89. The number of nitrogens with zero attached hydrogens (tertiary/aromatic N) is 1. The first-order chi connectivity index (χ1) is 10.6. The van der Waals surface area contributed by atoms with Gasteiger partial charge in [0.05, 0.1) is 0 Å². The van der Waals surface area contributed by atoms with Gasteiger partial charge in [0.25, 0.3) is 0 Å². The molecule has 1 unspecified atom stereocenters. The average Bonchev–Trinajstić information content (AvgIpc) is 2.47. The number of hydrogen-bond donors (Lipinski definition) is 1. The Kier molecular flexibility index (Phi) is 5.14. The number of oxime groups is 1. The van der Waals surface area contributed by atoms with Gasteiger partial charge in [0.15, 0.2) is 12.3 Å². The van der Waals surface area contributed by atoms with Crippen molar-refractivity contribution in [3.63, 3.8) is 0 Å². The lowest BCUT2D eigenvalue weighted by atomic mass is 10.1. The molecule has 0 heterocycles. The van der Waals surface area contributed by atoms with Crippen LogP contribution >= 0.6 is 0 Å². The standard InChI is InChI=1S/C17H17NO4/c1-12-6-5-7-14(10-12)21-16-9-4-3-8-15(16)13(2)22-18-11-17(19)20/h3-11,13H,1-2H3,(H,19,20). The van der Waals surface area contributed by atoms with Gasteiger partial charge in [0.2, 0.25) is 0 Å². The van der Waals surface area contributed by atoms with Crippen LogP contribution in [0.15, 0.2) is 53.7 Å². The maximum Gasteiger partial charge on any atom is 0.350 e. The summed E-state index contributed by atoms with van der Waals surface area (Å²) in [7, 11) is 0. The lowest BCUT2D eigenvalue weighted by Gasteiger charge is -2.15. The van der Waals surface area contributed by atoms with Gasteiger partial charge in [-0.15, -0.1) is 0 Å². The van der Waals surface area contributed by atoms with E-state index in [0.717, 1.165) is 16.9 Å². The number of hydrogen-bond acceptors (Lipinski definition) is 4. The fourth-order valence-electron chi connectivity index (χ4n) is 1.94. The molecule has 0 aliphatic rings. The van der Waals surface area contributed by atoms with E-state index < -0.39 is 12.1 Å². The van der Waals surface area contributed by atoms with Crippen LogP contribution in [0.4, 0.5) is 0 Å². The van der Waals surface area contributed by atoms with Crippen LogP contribution in [0.2, 0.25) is 0 Å². The Morgan fingerprint density at radius 3 is 2.73 bits per heavy atom. The lowest BCUT2D eigenvalue weighted by molar-refractivity contribution is -0.129. The zero-order valence-corrected chi connectivity index (χ0v) is 12.4. The molecule has 0 aliphatic heterocycles. The number of para-hydroxylation sites is 1. The molecule has 0 amide bonds. The van der Waals surface area contributed by atoms with Crippen molar-refractivity contribution in [3.05, 3.63) is 59.7 Å². The first-order valence-corrected chi connectivity index (χ1v) is 6.82. The van der Waals surface area contributed by atoms with E-state index in [-0.39, 0.29) is 0 Å². The van der Waals surface area contributed by atoms with Gasteiger partial charge >= 0.3 is 5.97 Å². The van der Waals surface area contributed by atoms with Crippen LogP contribution in [0.1, 0.15) is 24.2 Å². The second-order valence-electron chi connectivity index (χ2n) is 4.78. The summed E-state index contributed by atoms with van der Waals surface area (Å²) < 4.78 is 5.89. The molecule has 0 saturated carbocycles. The maximum atomic E-state index is 10.4. The number of carboxylic acids is 1. The van der Waals surface area contributed by atoms with Gasteiger partial charge in [-0.1, -0.05) is 35.5 Å². The van der Waals surface area contributed by atoms with Crippen LogP contribution in [-0.4, -0.2) is 17.3 Å². The second-order valence-corrected chi connectivity index (χ2v) is 4.78. The van der Waals surface area contributed by atoms with E-state index in [1.165, 1.54) is 0 Å². The quantitative estimate of drug-likeness (QED) is 0.648. The molecule has 1 N–H and O–H groups in total. The van der Waals surface area contributed by atoms with Crippen molar-refractivity contribution in [1.82, 2.24) is 0 Å². The van der Waals surface area contributed by atoms with Crippen LogP contribution in [0.5, 0.6) is 11.5 Å². The summed E-state index contributed by atoms with van der Waals surface area (Å²) in [6, 6.07) is 15.1. The average molecular weight is 299 g/mol. The van der Waals surface area contributed by atoms with Crippen molar-refractivity contribution in [2.24, 2.45) is 5.16 Å². The molecular weight excluding hydrogens is 282 g/mol. The molecule has 0 fully saturated rings. The predicted molar refractivity (Wildman–Crippen MR) is 83.3 cm³/mol. The third-order valence-corrected chi connectivity index (χ3v) is 2.96. The summed E-state index contributed by atoms with van der Waals surface area (Å²) in [6.45, 7) is 3.77. The molecule has 114 valence electrons. The van der Waals surface area contributed by atoms with E-state index >= 15 is 0 Å². The van der Waals surface area contributed by atoms with Crippen LogP contribution in [0.3, 0.4) is 0 Å². The Hall–Kier alpha value is -2.82. The molecule has 0 aromatic heterocycles. The van der Waals surface area contributed by atoms with E-state index in [0.29, 0.717) is 12.0 Å². The van der Waals surface area contributed by atoms with E-state index in [1.54, 1.807) is 6.92 Å². The van der Waals surface area contributed by atoms with Crippen molar-refractivity contribution in [2.75, 3.05) is 0 Å². The summed E-state index contributed by atoms with van der Waals surface area (Å²) in [5.74, 6) is 0.219. The number of rotatable bonds is 6. The molecule has 1 atom stereocenters. The van der Waals surface area contributed by atoms with E-state index in [1.807, 2.05) is 55.5 Å². The van der Waals surface area contributed by atoms with Crippen LogP contribution < -0.4 is 4.74 Å². The third-order valence-electron chi connectivity index (χ3n) is 2.96. The maximum absolute atomic E-state index is 10.4. The minimum absolute atomic E-state index is 0.434. The van der Waals surface area contributed by atoms with Crippen LogP contribution in [0, 0.1) is 6.92 Å². The first-order valence-electron chi connectivity index (χ1n) is 6.82. The molecule has 2 rings (SSSR count). The SMILES string of the molecule is Cc1cccc(Oc2ccccc2C(C)ON=CC(=O)O)c1. The first kappa shape index (κ1) is 15.6. The summed E-state index contributed by atoms with van der Waals surface area (Å²) in [4.78, 5) is 15.6. The highest BCUT2D eigenvalue weighted by Gasteiger charge is 2.13. The third kappa shape index (κ3) is 4.34. The minimum atomic E-state index is -1.16. The molecule has 22 heavy (non-hydrogen) atoms. The molecule has 2 aromatic rings. The largest absolute Gasteiger partial charge is 0.477 e. The van der Waals surface area contributed by atoms with Crippen molar-refractivity contribution in [3.8, 4) is 11.5 Å². The van der Waals surface area contributed by atoms with Gasteiger partial charge in [-0.3, -0.25) is 0 Å². The van der Waals surface area contributed by atoms with Crippen molar-refractivity contribution < 1.29 is 19.5 Å². The second kappa shape index (κ2) is 7.26. The monoisotopic (exact) mass is 299 g/mol. The number of benzene rings is 2. The van der Waals surface area contributed by atoms with Gasteiger partial charge in [0, 0.05) is 5.56 Å². The lowest BCUT2D eigenvalue weighted by Crippen LogP contribution is -2.01. The Balaban J connectivity index is 2.17. The van der Waals surface area contributed by atoms with Crippen molar-refractivity contribution >= 4 is 12.2 Å². The fraction of sp³-hybridized carbons (Fsp3) is 0.176. The Bertz CT molecular complexity index is 682. The normalized spacial score (nSPS) is 12.1. The van der Waals surface area contributed by atoms with Crippen molar-refractivity contribution in [2.45, 2.75) is 20.0 Å². The number of ether oxygens (including phenoxy) is 1. The molecule has 5 heteroatoms. The highest BCUT2D eigenvalue weighted by Crippen LogP contribution is 2.31. The molecule has 0 saturated heterocycles. The zero-order valence-electron chi connectivity index (χ0n) is 12.4. The molecular formula is C17H17NO4. The molecule has 0 spiro atoms. The molecule has 0 radical (unpaired) electrons. The van der Waals surface area contributed by atoms with E-state index in [9.17, 15) is 4.79 Å². The summed E-state index contributed by atoms with van der Waals surface area (Å²) >= 11 is 0. The zero-order chi connectivity index (χ0) is 15.9. The number of carbonyl (C=O) groups is 1. The number of carboxylic acid groups (broad SMARTS) is 1. The highest BCUT2D eigenvalue weighted by molar-refractivity contribution is 6.21. The summed E-state index contributed by atoms with van der Waals surface area (Å²) in [5, 5.41) is 11.9. The van der Waals surface area contributed by atoms with E-state index in [4.69, 9.17) is 14.7 Å². The van der Waals surface area contributed by atoms with Crippen molar-refractivity contribution in [1.29, 1.82) is 0 Å². The van der Waals surface area contributed by atoms with Gasteiger partial charge in [0.1, 0.15) is 11.5 Å². The van der Waals surface area contributed by atoms with Gasteiger partial charge in [-0.25, -0.2) is 4.79 Å². The Morgan fingerprint density at radius 1 is 1.23 bits per heavy atom. The topological polar surface area (TPSA) is 68.1 Å². The number of aliphatic carboxylic acids is 1. The molecule has 0 aliphatic carbocycles. The Morgan fingerprint density at radius 2 is 2.00 bits per heavy atom. The molecule has 2 aromatic carbocycles. The smallest absolute Gasteiger partial charge is 0.350 e. The van der Waals surface area contributed by atoms with Gasteiger partial charge < -0.3 is 14.7 Å². The molecule has 0 bridgehead atoms. The fourth-order valence-corrected chi connectivity index (χ4v) is 1.94. The van der Waals surface area contributed by atoms with Gasteiger partial charge in [-0.05, 0) is 37.6 Å². The minimum Gasteiger partial charge on any atom is -0.477 e. The van der Waals surface area contributed by atoms with Crippen LogP contribution in [-0.2, 0) is 9.63 Å². The highest BCUT2D eigenvalue weighted by atomic mass is 16.6. The number of aryl methyl sites for hydroxylation is 1. The molecule has 5 nitrogen and oxygen atoms in total. The predicted octanol–water partition coefficient (Wildman–Crippen LogP) is 3.94.